The van der Waals surface area contributed by atoms with E-state index in [1.54, 1.807) is 0 Å². The van der Waals surface area contributed by atoms with Crippen molar-refractivity contribution >= 4 is 76.2 Å². The molecule has 0 saturated carbocycles. The minimum absolute atomic E-state index is 0.161. The van der Waals surface area contributed by atoms with Crippen LogP contribution in [0.3, 0.4) is 0 Å². The number of carboxylic acid groups (broad SMARTS) is 1. The van der Waals surface area contributed by atoms with Gasteiger partial charge >= 0.3 is 5.97 Å². The fourth-order valence-electron chi connectivity index (χ4n) is 14.5. The van der Waals surface area contributed by atoms with Crippen molar-refractivity contribution < 1.29 is 148 Å². The number of aliphatic hydroxyl groups is 9. The lowest BCUT2D eigenvalue weighted by Crippen LogP contribution is -2.61. The SMILES string of the molecule is CN[C@@H](C(=O)N[C@H]1C(=O)N[C@@H](c2ccc(O)c(Cl)c2)C(=O)N[C@H]2C(=O)N[C@H]3C(=O)N[C@H](C(=O)N[C@H](C(=O)O)c4cc(O)cc(O)c4-c4cc3ccc4O)[C@H](O[C@H]3C[C@@H](N)[C@@H](O)[C@H](C)O3)c3ccc(c(Cl)c3)Oc3cc2cc(c3O[C@@H]2O[C@H](CO)[C@@H](O)[C@H](O)[C@H]2O)Oc2ccc(cc2Cl)[C@H]1O[C@H]1O[C@H](CO)[C@@H](O)[C@H](O)[C@@H]1O)c1ccc(O)cc1. The molecular weight excluding hydrogens is 1620 g/mol. The number of likely N-dealkylation sites (N-methyl/N-ethyl adjacent to an activating group) is 1. The molecule has 11 bridgehead atoms. The van der Waals surface area contributed by atoms with Crippen LogP contribution < -0.4 is 57.2 Å². The van der Waals surface area contributed by atoms with E-state index in [1.807, 2.05) is 0 Å². The third-order valence-corrected chi connectivity index (χ3v) is 21.6. The van der Waals surface area contributed by atoms with Gasteiger partial charge in [0.15, 0.2) is 30.1 Å². The lowest BCUT2D eigenvalue weighted by atomic mass is 9.89. The first-order valence-corrected chi connectivity index (χ1v) is 37.5. The Bertz CT molecular complexity index is 5000. The molecule has 41 heteroatoms. The van der Waals surface area contributed by atoms with E-state index in [9.17, 15) is 81.4 Å². The normalized spacial score (nSPS) is 30.1. The predicted molar refractivity (Wildman–Crippen MR) is 403 cm³/mol. The van der Waals surface area contributed by atoms with Gasteiger partial charge in [0.2, 0.25) is 47.5 Å². The number of aromatic hydroxyl groups is 5. The van der Waals surface area contributed by atoms with Gasteiger partial charge in [-0.3, -0.25) is 28.8 Å². The van der Waals surface area contributed by atoms with Gasteiger partial charge in [-0.1, -0.05) is 71.2 Å². The van der Waals surface area contributed by atoms with Gasteiger partial charge in [-0.05, 0) is 126 Å². The zero-order chi connectivity index (χ0) is 84.9. The first kappa shape index (κ1) is 85.3. The zero-order valence-corrected chi connectivity index (χ0v) is 63.8. The summed E-state index contributed by atoms with van der Waals surface area (Å²) in [5.41, 5.74) is 3.12. The van der Waals surface area contributed by atoms with Gasteiger partial charge in [-0.25, -0.2) is 4.79 Å². The number of amides is 6. The second-order valence-electron chi connectivity index (χ2n) is 28.5. The number of benzene rings is 7. The van der Waals surface area contributed by atoms with Crippen LogP contribution in [0.4, 0.5) is 0 Å². The average Bonchev–Trinajstić information content (AvgIpc) is 0.763. The minimum Gasteiger partial charge on any atom is -0.508 e. The number of phenolic OH excluding ortho intramolecular Hbond substituents is 5. The fraction of sp³-hybridized carbons (Fsp3) is 0.364. The van der Waals surface area contributed by atoms with Crippen LogP contribution in [-0.2, 0) is 57.2 Å². The van der Waals surface area contributed by atoms with Crippen LogP contribution in [0.15, 0.2) is 121 Å². The smallest absolute Gasteiger partial charge is 0.330 e. The molecule has 15 rings (SSSR count). The topological polar surface area (TPSA) is 607 Å². The van der Waals surface area contributed by atoms with Crippen LogP contribution in [-0.4, -0.2) is 236 Å². The van der Waals surface area contributed by atoms with Crippen molar-refractivity contribution in [3.63, 3.8) is 0 Å². The quantitative estimate of drug-likeness (QED) is 0.0702. The Kier molecular flexibility index (Phi) is 25.4. The number of nitrogens with one attached hydrogen (secondary N) is 7. The predicted octanol–water partition coefficient (Wildman–Crippen LogP) is 0.429. The summed E-state index contributed by atoms with van der Waals surface area (Å²) in [6.07, 6.45) is -29.0. The molecule has 6 amide bonds. The Labute approximate surface area is 682 Å². The van der Waals surface area contributed by atoms with Crippen LogP contribution in [0.25, 0.3) is 11.1 Å². The molecule has 3 fully saturated rings. The number of aliphatic hydroxyl groups excluding tert-OH is 9. The number of rotatable bonds is 14. The van der Waals surface area contributed by atoms with E-state index in [4.69, 9.17) is 78.4 Å². The molecule has 0 radical (unpaired) electrons. The van der Waals surface area contributed by atoms with Crippen molar-refractivity contribution in [1.82, 2.24) is 37.2 Å². The van der Waals surface area contributed by atoms with Crippen molar-refractivity contribution in [3.8, 4) is 68.6 Å². The number of carbonyl (C=O) groups is 7. The highest BCUT2D eigenvalue weighted by Gasteiger charge is 2.51. The van der Waals surface area contributed by atoms with Crippen molar-refractivity contribution in [2.24, 2.45) is 5.73 Å². The molecule has 8 aliphatic rings. The van der Waals surface area contributed by atoms with Crippen LogP contribution in [0.5, 0.6) is 57.5 Å². The van der Waals surface area contributed by atoms with Crippen LogP contribution in [0, 0.1) is 0 Å². The summed E-state index contributed by atoms with van der Waals surface area (Å²) in [4.78, 5) is 110. The molecule has 0 aromatic heterocycles. The van der Waals surface area contributed by atoms with E-state index in [2.05, 4.69) is 37.2 Å². The molecule has 0 aliphatic carbocycles. The summed E-state index contributed by atoms with van der Waals surface area (Å²) in [7, 11) is 1.34. The van der Waals surface area contributed by atoms with E-state index in [-0.39, 0.29) is 34.4 Å². The third-order valence-electron chi connectivity index (χ3n) is 20.7. The van der Waals surface area contributed by atoms with E-state index >= 15 is 28.8 Å². The first-order chi connectivity index (χ1) is 56.1. The summed E-state index contributed by atoms with van der Waals surface area (Å²) in [6, 6.07) is 5.11. The highest BCUT2D eigenvalue weighted by Crippen LogP contribution is 2.51. The average molecular weight is 1700 g/mol. The number of fused-ring (bicyclic) bond motifs is 15. The molecule has 8 heterocycles. The Hall–Kier alpha value is -10.5. The number of carboxylic acids is 1. The molecular formula is C77H79Cl3N8O30. The molecule has 628 valence electrons. The number of nitrogens with two attached hydrogens (primary N) is 1. The van der Waals surface area contributed by atoms with Crippen LogP contribution in [0.2, 0.25) is 15.1 Å². The second kappa shape index (κ2) is 35.2. The van der Waals surface area contributed by atoms with Gasteiger partial charge in [-0.2, -0.15) is 0 Å². The molecule has 0 spiro atoms. The number of hydrogen-bond donors (Lipinski definition) is 23. The molecule has 7 aromatic carbocycles. The maximum atomic E-state index is 16.6. The summed E-state index contributed by atoms with van der Waals surface area (Å²) < 4.78 is 50.6. The summed E-state index contributed by atoms with van der Waals surface area (Å²) in [5.74, 6) is -16.6. The molecule has 38 nitrogen and oxygen atoms in total. The number of phenols is 5. The van der Waals surface area contributed by atoms with Gasteiger partial charge in [0, 0.05) is 35.2 Å². The molecule has 3 saturated heterocycles. The number of carbonyl (C=O) groups excluding carboxylic acids is 6. The van der Waals surface area contributed by atoms with E-state index in [1.165, 1.54) is 44.3 Å². The summed E-state index contributed by atoms with van der Waals surface area (Å²) in [6.45, 7) is -0.602. The largest absolute Gasteiger partial charge is 0.508 e. The molecule has 8 aliphatic heterocycles. The second-order valence-corrected chi connectivity index (χ2v) is 29.7. The Morgan fingerprint density at radius 2 is 1.05 bits per heavy atom. The number of hydrogen-bond acceptors (Lipinski definition) is 31. The number of halogens is 3. The molecule has 0 unspecified atom stereocenters. The van der Waals surface area contributed by atoms with Crippen LogP contribution in [0.1, 0.15) is 94.7 Å². The van der Waals surface area contributed by atoms with Gasteiger partial charge < -0.3 is 157 Å². The Morgan fingerprint density at radius 3 is 1.61 bits per heavy atom. The Balaban J connectivity index is 1.08. The number of ether oxygens (including phenoxy) is 8. The van der Waals surface area contributed by atoms with E-state index in [0.29, 0.717) is 0 Å². The van der Waals surface area contributed by atoms with Gasteiger partial charge in [-0.15, -0.1) is 0 Å². The molecule has 118 heavy (non-hydrogen) atoms. The molecule has 23 atom stereocenters. The summed E-state index contributed by atoms with van der Waals surface area (Å²) >= 11 is 21.2. The van der Waals surface area contributed by atoms with Crippen molar-refractivity contribution in [3.05, 3.63) is 175 Å². The highest BCUT2D eigenvalue weighted by molar-refractivity contribution is 6.33. The lowest BCUT2D eigenvalue weighted by Gasteiger charge is -2.42. The minimum atomic E-state index is -2.46. The monoisotopic (exact) mass is 1700 g/mol. The Morgan fingerprint density at radius 1 is 0.525 bits per heavy atom. The highest BCUT2D eigenvalue weighted by atomic mass is 35.5. The van der Waals surface area contributed by atoms with E-state index < -0.39 is 290 Å². The zero-order valence-electron chi connectivity index (χ0n) is 61.5. The number of aliphatic carboxylic acids is 1. The maximum absolute atomic E-state index is 16.6. The van der Waals surface area contributed by atoms with E-state index in [0.717, 1.165) is 91.0 Å². The first-order valence-electron chi connectivity index (χ1n) is 36.3. The van der Waals surface area contributed by atoms with Crippen molar-refractivity contribution in [2.45, 2.75) is 154 Å². The molecule has 24 N–H and O–H groups in total. The van der Waals surface area contributed by atoms with Gasteiger partial charge in [0.25, 0.3) is 0 Å². The summed E-state index contributed by atoms with van der Waals surface area (Å²) in [5, 5.41) is 183. The fourth-order valence-corrected chi connectivity index (χ4v) is 15.1. The standard InChI is InChI=1S/C77H79Cl3N8O30/c1-26-59(96)40(81)23-50(111-26)116-66-30-7-13-44(38(79)17-30)112-46-19-32-20-47(68(46)118-77-65(102)63(100)61(98)49(25-90)115-77)113-45-14-8-31(18-39(45)80)67(117-76-64(101)62(99)60(97)48(24-89)114-76)58(87-69(103)52(82-2)27-3-9-33(91)10-4-27)73(107)84-54(29-6-12-42(94)37(78)16-29)70(104)85-55(32)72(106)83-53-28-5-11-41(93)35(15-28)51-36(21-34(92)22-43(51)95)56(75(109)110)86-74(108)57(66)88-71(53)105/h3-22,26,40,48-50,52-67,76-77,82,89-102H,23-25,81H2,1-2H3,(H,83,106)(H,84,107)(H,85,104)(H,86,108)(H,87,103)(H,88,105)(H,109,110)/t26-,40+,48+,49+,50-,52+,53+,54-,55+,56-,57-,58+,59-,60+,61+,62-,63-,64-,65+,66+,67+,76+,77-/m0/s1. The third kappa shape index (κ3) is 17.4. The van der Waals surface area contributed by atoms with Gasteiger partial charge in [0.1, 0.15) is 138 Å². The van der Waals surface area contributed by atoms with Gasteiger partial charge in [0.05, 0.1) is 40.5 Å². The maximum Gasteiger partial charge on any atom is 0.330 e. The lowest BCUT2D eigenvalue weighted by molar-refractivity contribution is -0.313. The van der Waals surface area contributed by atoms with Crippen molar-refractivity contribution in [2.75, 3.05) is 20.3 Å². The van der Waals surface area contributed by atoms with Crippen molar-refractivity contribution in [1.29, 1.82) is 0 Å². The molecule has 7 aromatic rings. The van der Waals surface area contributed by atoms with Crippen LogP contribution >= 0.6 is 34.8 Å².